The molecule has 47 heavy (non-hydrogen) atoms. The molecule has 3 amide bonds. The number of nitrogens with one attached hydrogen (secondary N) is 2. The van der Waals surface area contributed by atoms with E-state index in [4.69, 9.17) is 10.5 Å². The Morgan fingerprint density at radius 1 is 0.979 bits per heavy atom. The van der Waals surface area contributed by atoms with Crippen LogP contribution in [-0.2, 0) is 16.0 Å². The lowest BCUT2D eigenvalue weighted by Gasteiger charge is -2.35. The van der Waals surface area contributed by atoms with Crippen molar-refractivity contribution in [1.82, 2.24) is 15.5 Å². The molecule has 0 spiro atoms. The van der Waals surface area contributed by atoms with Crippen LogP contribution in [0.2, 0.25) is 0 Å². The number of nitrogens with zero attached hydrogens (tertiary/aromatic N) is 1. The van der Waals surface area contributed by atoms with Crippen molar-refractivity contribution in [3.8, 4) is 5.75 Å². The topological polar surface area (TPSA) is 134 Å². The molecular formula is C36H46N4O5S2. The lowest BCUT2D eigenvalue weighted by atomic mass is 9.81. The Morgan fingerprint density at radius 2 is 1.60 bits per heavy atom. The van der Waals surface area contributed by atoms with E-state index in [0.29, 0.717) is 25.3 Å². The van der Waals surface area contributed by atoms with Gasteiger partial charge in [-0.3, -0.25) is 9.59 Å². The molecule has 5 atom stereocenters. The zero-order valence-electron chi connectivity index (χ0n) is 27.4. The van der Waals surface area contributed by atoms with Crippen molar-refractivity contribution < 1.29 is 24.2 Å². The molecule has 0 aromatic heterocycles. The number of nitrogens with two attached hydrogens (primary N) is 1. The second-order valence-electron chi connectivity index (χ2n) is 12.0. The highest BCUT2D eigenvalue weighted by atomic mass is 32.2. The smallest absolute Gasteiger partial charge is 0.318 e. The van der Waals surface area contributed by atoms with E-state index in [1.165, 1.54) is 23.5 Å². The van der Waals surface area contributed by atoms with Crippen molar-refractivity contribution in [3.05, 3.63) is 90.0 Å². The first-order valence-corrected chi connectivity index (χ1v) is 18.3. The van der Waals surface area contributed by atoms with Gasteiger partial charge < -0.3 is 31.1 Å². The highest BCUT2D eigenvalue weighted by Gasteiger charge is 2.40. The summed E-state index contributed by atoms with van der Waals surface area (Å²) in [5, 5.41) is 17.6. The minimum atomic E-state index is -1.19. The van der Waals surface area contributed by atoms with Crippen molar-refractivity contribution in [3.63, 3.8) is 0 Å². The highest BCUT2D eigenvalue weighted by Crippen LogP contribution is 2.36. The van der Waals surface area contributed by atoms with Gasteiger partial charge in [0.25, 0.3) is 5.91 Å². The summed E-state index contributed by atoms with van der Waals surface area (Å²) in [5.74, 6) is -0.727. The number of amides is 3. The number of carbonyl (C=O) groups is 3. The van der Waals surface area contributed by atoms with Crippen molar-refractivity contribution in [1.29, 1.82) is 0 Å². The number of aliphatic hydroxyl groups is 1. The first-order valence-electron chi connectivity index (χ1n) is 15.9. The fourth-order valence-corrected chi connectivity index (χ4v) is 7.31. The summed E-state index contributed by atoms with van der Waals surface area (Å²) >= 11 is 3.06. The van der Waals surface area contributed by atoms with E-state index in [-0.39, 0.29) is 30.8 Å². The summed E-state index contributed by atoms with van der Waals surface area (Å²) in [6.45, 7) is 4.49. The van der Waals surface area contributed by atoms with Crippen LogP contribution < -0.4 is 21.1 Å². The molecule has 4 rings (SSSR count). The van der Waals surface area contributed by atoms with Gasteiger partial charge >= 0.3 is 6.03 Å². The largest absolute Gasteiger partial charge is 0.481 e. The fourth-order valence-electron chi connectivity index (χ4n) is 6.10. The average Bonchev–Trinajstić information content (AvgIpc) is 3.50. The van der Waals surface area contributed by atoms with Gasteiger partial charge in [-0.15, -0.1) is 23.5 Å². The summed E-state index contributed by atoms with van der Waals surface area (Å²) in [5.41, 5.74) is 8.42. The van der Waals surface area contributed by atoms with Crippen LogP contribution in [0.4, 0.5) is 4.79 Å². The number of thioether (sulfide) groups is 2. The molecule has 9 nitrogen and oxygen atoms in total. The van der Waals surface area contributed by atoms with Gasteiger partial charge in [-0.25, -0.2) is 4.79 Å². The third-order valence-electron chi connectivity index (χ3n) is 8.45. The Kier molecular flexibility index (Phi) is 13.6. The number of ketones is 1. The molecule has 0 saturated carbocycles. The van der Waals surface area contributed by atoms with Gasteiger partial charge in [0.1, 0.15) is 5.75 Å². The predicted octanol–water partition coefficient (Wildman–Crippen LogP) is 4.92. The number of para-hydroxylation sites is 1. The zero-order valence-corrected chi connectivity index (χ0v) is 29.1. The third kappa shape index (κ3) is 9.53. The van der Waals surface area contributed by atoms with Crippen LogP contribution in [0.25, 0.3) is 0 Å². The predicted molar refractivity (Wildman–Crippen MR) is 189 cm³/mol. The fraction of sp³-hybridized carbons (Fsp3) is 0.417. The van der Waals surface area contributed by atoms with Gasteiger partial charge in [-0.1, -0.05) is 80.6 Å². The summed E-state index contributed by atoms with van der Waals surface area (Å²) in [6, 6.07) is 22.1. The number of rotatable bonds is 17. The maximum absolute atomic E-state index is 14.3. The van der Waals surface area contributed by atoms with E-state index >= 15 is 0 Å². The lowest BCUT2D eigenvalue weighted by Crippen LogP contribution is -2.53. The van der Waals surface area contributed by atoms with Gasteiger partial charge in [0.2, 0.25) is 0 Å². The quantitative estimate of drug-likeness (QED) is 0.148. The second kappa shape index (κ2) is 17.6. The Morgan fingerprint density at radius 3 is 2.15 bits per heavy atom. The van der Waals surface area contributed by atoms with E-state index < -0.39 is 36.1 Å². The van der Waals surface area contributed by atoms with Crippen LogP contribution in [0, 0.1) is 11.8 Å². The molecule has 0 bridgehead atoms. The van der Waals surface area contributed by atoms with Crippen LogP contribution in [0.15, 0.2) is 88.7 Å². The molecule has 11 heteroatoms. The molecule has 252 valence electrons. The van der Waals surface area contributed by atoms with E-state index in [9.17, 15) is 19.5 Å². The number of hydrogen-bond acceptors (Lipinski definition) is 8. The van der Waals surface area contributed by atoms with Crippen LogP contribution in [0.3, 0.4) is 0 Å². The molecule has 1 aliphatic rings. The van der Waals surface area contributed by atoms with Crippen molar-refractivity contribution >= 4 is 41.2 Å². The van der Waals surface area contributed by atoms with Crippen LogP contribution >= 0.6 is 23.5 Å². The standard InChI is InChI=1S/C36H46N4O5S2/c1-23(2)33(40-19-18-38-36(40)44)34(43)26(20-24-12-7-5-8-13-24)21-27(41)32(31(37)25-14-9-6-10-15-25)39-30(42)22-45-35-28(46-3)16-11-17-29(35)47-4/h5-17,23,26-27,31-33,41H,18-22,37H2,1-4H3,(H,38,44)(H,39,42)/t26-,27-,31?,32+,33-/m0/s1. The van der Waals surface area contributed by atoms with Gasteiger partial charge in [-0.2, -0.15) is 0 Å². The Bertz CT molecular complexity index is 1450. The van der Waals surface area contributed by atoms with Gasteiger partial charge in [0.05, 0.1) is 34.0 Å². The molecule has 1 saturated heterocycles. The first kappa shape index (κ1) is 36.3. The monoisotopic (exact) mass is 678 g/mol. The lowest BCUT2D eigenvalue weighted by molar-refractivity contribution is -0.130. The van der Waals surface area contributed by atoms with E-state index in [0.717, 1.165) is 20.9 Å². The molecule has 3 aromatic carbocycles. The van der Waals surface area contributed by atoms with Gasteiger partial charge in [0.15, 0.2) is 12.4 Å². The van der Waals surface area contributed by atoms with Crippen molar-refractivity contribution in [2.75, 3.05) is 32.2 Å². The van der Waals surface area contributed by atoms with E-state index in [1.807, 2.05) is 105 Å². The Labute approximate surface area is 286 Å². The van der Waals surface area contributed by atoms with E-state index in [2.05, 4.69) is 10.6 Å². The SMILES string of the molecule is CSc1cccc(SC)c1OCC(=O)N[C@@H](C(N)c1ccccc1)[C@@H](O)C[C@H](Cc1ccccc1)C(=O)[C@H](C(C)C)N1CCNC1=O. The van der Waals surface area contributed by atoms with Crippen molar-refractivity contribution in [2.45, 2.75) is 60.7 Å². The first-order chi connectivity index (χ1) is 22.6. The number of carbonyl (C=O) groups excluding carboxylic acids is 3. The molecule has 1 heterocycles. The minimum Gasteiger partial charge on any atom is -0.481 e. The highest BCUT2D eigenvalue weighted by molar-refractivity contribution is 7.99. The Balaban J connectivity index is 1.60. The van der Waals surface area contributed by atoms with Crippen LogP contribution in [0.5, 0.6) is 5.75 Å². The van der Waals surface area contributed by atoms with E-state index in [1.54, 1.807) is 4.90 Å². The van der Waals surface area contributed by atoms with Gasteiger partial charge in [-0.05, 0) is 54.5 Å². The second-order valence-corrected chi connectivity index (χ2v) is 13.7. The number of Topliss-reactive ketones (excluding diaryl/α,β-unsaturated/α-hetero) is 1. The number of aliphatic hydroxyl groups excluding tert-OH is 1. The van der Waals surface area contributed by atoms with Crippen LogP contribution in [-0.4, -0.2) is 78.1 Å². The average molecular weight is 679 g/mol. The maximum Gasteiger partial charge on any atom is 0.318 e. The number of urea groups is 1. The molecule has 1 fully saturated rings. The number of hydrogen-bond donors (Lipinski definition) is 4. The molecule has 1 unspecified atom stereocenters. The number of ether oxygens (including phenoxy) is 1. The summed E-state index contributed by atoms with van der Waals surface area (Å²) in [4.78, 5) is 43.9. The van der Waals surface area contributed by atoms with Crippen molar-refractivity contribution in [2.24, 2.45) is 17.6 Å². The van der Waals surface area contributed by atoms with Crippen LogP contribution in [0.1, 0.15) is 37.4 Å². The molecule has 1 aliphatic heterocycles. The third-order valence-corrected chi connectivity index (χ3v) is 9.97. The Hall–Kier alpha value is -3.51. The van der Waals surface area contributed by atoms with Gasteiger partial charge in [0, 0.05) is 19.0 Å². The normalized spacial score (nSPS) is 16.2. The molecule has 0 radical (unpaired) electrons. The molecule has 0 aliphatic carbocycles. The number of benzene rings is 3. The zero-order chi connectivity index (χ0) is 33.9. The minimum absolute atomic E-state index is 0.0324. The maximum atomic E-state index is 14.3. The molecule has 5 N–H and O–H groups in total. The summed E-state index contributed by atoms with van der Waals surface area (Å²) < 4.78 is 6.03. The molecule has 3 aromatic rings. The molecular weight excluding hydrogens is 633 g/mol. The summed E-state index contributed by atoms with van der Waals surface area (Å²) in [7, 11) is 0. The summed E-state index contributed by atoms with van der Waals surface area (Å²) in [6.07, 6.45) is 3.11.